The van der Waals surface area contributed by atoms with Gasteiger partial charge in [-0.15, -0.1) is 0 Å². The zero-order valence-corrected chi connectivity index (χ0v) is 22.4. The van der Waals surface area contributed by atoms with Crippen molar-refractivity contribution in [1.82, 2.24) is 0 Å². The quantitative estimate of drug-likeness (QED) is 0.277. The molecule has 9 nitrogen and oxygen atoms in total. The van der Waals surface area contributed by atoms with E-state index in [0.29, 0.717) is 0 Å². The largest absolute Gasteiger partial charge is 1.00 e. The van der Waals surface area contributed by atoms with Crippen LogP contribution in [0, 0.1) is 10.8 Å². The summed E-state index contributed by atoms with van der Waals surface area (Å²) >= 11 is 0. The van der Waals surface area contributed by atoms with E-state index in [4.69, 9.17) is 5.11 Å². The summed E-state index contributed by atoms with van der Waals surface area (Å²) in [5.41, 5.74) is -1.11. The average Bonchev–Trinajstić information content (AvgIpc) is 2.44. The van der Waals surface area contributed by atoms with Crippen LogP contribution >= 0.6 is 0 Å². The van der Waals surface area contributed by atoms with Gasteiger partial charge in [-0.3, -0.25) is 28.8 Å². The van der Waals surface area contributed by atoms with Gasteiger partial charge in [0.15, 0.2) is 11.6 Å². The molecule has 0 aliphatic rings. The number of carboxylic acids is 1. The third-order valence-electron chi connectivity index (χ3n) is 3.38. The van der Waals surface area contributed by atoms with E-state index in [0.717, 1.165) is 0 Å². The predicted octanol–water partition coefficient (Wildman–Crippen LogP) is 0.0128. The van der Waals surface area contributed by atoms with Gasteiger partial charge in [0.25, 0.3) is 0 Å². The van der Waals surface area contributed by atoms with Crippen molar-refractivity contribution in [1.29, 1.82) is 0 Å². The molecule has 0 aromatic heterocycles. The first kappa shape index (κ1) is 40.6. The van der Waals surface area contributed by atoms with Crippen LogP contribution in [0.15, 0.2) is 0 Å². The number of ketones is 4. The number of carboxylic acid groups (broad SMARTS) is 1. The summed E-state index contributed by atoms with van der Waals surface area (Å²) in [6.07, 6.45) is -1.35. The van der Waals surface area contributed by atoms with Crippen molar-refractivity contribution in [3.63, 3.8) is 0 Å². The Bertz CT molecular complexity index is 611. The maximum atomic E-state index is 11.4. The van der Waals surface area contributed by atoms with Crippen LogP contribution < -0.4 is 51.4 Å². The van der Waals surface area contributed by atoms with Crippen LogP contribution in [0.3, 0.4) is 0 Å². The fraction of sp³-hybridized carbons (Fsp3) is 0.714. The molecular weight excluding hydrogens is 435 g/mol. The molecule has 0 heterocycles. The van der Waals surface area contributed by atoms with E-state index in [1.165, 1.54) is 0 Å². The van der Waals surface area contributed by atoms with Crippen molar-refractivity contribution < 1.29 is 95.5 Å². The molecule has 0 radical (unpaired) electrons. The van der Waals surface area contributed by atoms with E-state index >= 15 is 0 Å². The molecule has 0 saturated carbocycles. The van der Waals surface area contributed by atoms with Crippen molar-refractivity contribution >= 4 is 35.1 Å². The summed E-state index contributed by atoms with van der Waals surface area (Å²) in [4.78, 5) is 65.9. The Morgan fingerprint density at radius 2 is 1.03 bits per heavy atom. The summed E-state index contributed by atoms with van der Waals surface area (Å²) in [6.45, 7) is 12.2. The summed E-state index contributed by atoms with van der Waals surface area (Å²) in [6, 6.07) is 0. The SMILES string of the molecule is C.CC(C)(C)C(=O)CC(=O)CC(=O)O.CCOC(=O)CC(=O)CC(=O)C(C)(C)C.[K+].[OH-]. The van der Waals surface area contributed by atoms with E-state index in [9.17, 15) is 28.8 Å². The van der Waals surface area contributed by atoms with Crippen molar-refractivity contribution in [3.05, 3.63) is 0 Å². The second kappa shape index (κ2) is 18.8. The molecule has 0 aliphatic carbocycles. The van der Waals surface area contributed by atoms with Crippen LogP contribution in [0.4, 0.5) is 0 Å². The molecule has 10 heteroatoms. The molecular formula is C21H37KO9. The molecule has 0 bridgehead atoms. The van der Waals surface area contributed by atoms with E-state index in [1.807, 2.05) is 0 Å². The Hall–Kier alpha value is -0.784. The minimum Gasteiger partial charge on any atom is -0.870 e. The molecule has 0 saturated heterocycles. The first-order valence-corrected chi connectivity index (χ1v) is 8.98. The molecule has 176 valence electrons. The Labute approximate surface area is 227 Å². The number of rotatable bonds is 9. The van der Waals surface area contributed by atoms with Gasteiger partial charge in [-0.1, -0.05) is 49.0 Å². The topological polar surface area (TPSA) is 162 Å². The first-order chi connectivity index (χ1) is 12.5. The van der Waals surface area contributed by atoms with Crippen LogP contribution in [0.5, 0.6) is 0 Å². The normalized spacial score (nSPS) is 9.90. The van der Waals surface area contributed by atoms with Gasteiger partial charge in [-0.2, -0.15) is 0 Å². The van der Waals surface area contributed by atoms with E-state index in [-0.39, 0.29) is 108 Å². The number of aliphatic carboxylic acids is 1. The molecule has 0 rings (SSSR count). The van der Waals surface area contributed by atoms with E-state index in [1.54, 1.807) is 48.5 Å². The van der Waals surface area contributed by atoms with Crippen LogP contribution in [0.1, 0.15) is 81.6 Å². The number of esters is 1. The molecule has 0 amide bonds. The fourth-order valence-corrected chi connectivity index (χ4v) is 1.56. The van der Waals surface area contributed by atoms with Gasteiger partial charge in [0.2, 0.25) is 0 Å². The second-order valence-corrected chi connectivity index (χ2v) is 8.33. The monoisotopic (exact) mass is 472 g/mol. The zero-order chi connectivity index (χ0) is 22.7. The number of carbonyl (C=O) groups excluding carboxylic acids is 5. The number of hydrogen-bond donors (Lipinski definition) is 1. The summed E-state index contributed by atoms with van der Waals surface area (Å²) in [5, 5.41) is 8.27. The van der Waals surface area contributed by atoms with Gasteiger partial charge in [-0.05, 0) is 6.92 Å². The van der Waals surface area contributed by atoms with Gasteiger partial charge < -0.3 is 15.3 Å². The summed E-state index contributed by atoms with van der Waals surface area (Å²) in [7, 11) is 0. The van der Waals surface area contributed by atoms with Crippen LogP contribution in [0.25, 0.3) is 0 Å². The Kier molecular flexibility index (Phi) is 24.5. The smallest absolute Gasteiger partial charge is 0.870 e. The van der Waals surface area contributed by atoms with Crippen LogP contribution in [0.2, 0.25) is 0 Å². The van der Waals surface area contributed by atoms with Gasteiger partial charge in [0.05, 0.1) is 19.4 Å². The Morgan fingerprint density at radius 1 is 0.710 bits per heavy atom. The summed E-state index contributed by atoms with van der Waals surface area (Å²) in [5.74, 6) is -3.05. The average molecular weight is 473 g/mol. The maximum absolute atomic E-state index is 11.4. The van der Waals surface area contributed by atoms with Gasteiger partial charge in [0.1, 0.15) is 24.4 Å². The van der Waals surface area contributed by atoms with Crippen molar-refractivity contribution in [2.45, 2.75) is 81.6 Å². The third kappa shape index (κ3) is 23.7. The Morgan fingerprint density at radius 3 is 1.29 bits per heavy atom. The van der Waals surface area contributed by atoms with Crippen molar-refractivity contribution in [3.8, 4) is 0 Å². The number of hydrogen-bond acceptors (Lipinski definition) is 8. The molecule has 2 N–H and O–H groups in total. The van der Waals surface area contributed by atoms with Gasteiger partial charge in [-0.25, -0.2) is 0 Å². The zero-order valence-electron chi connectivity index (χ0n) is 19.3. The molecule has 0 aromatic rings. The second-order valence-electron chi connectivity index (χ2n) is 8.33. The van der Waals surface area contributed by atoms with Crippen molar-refractivity contribution in [2.75, 3.05) is 6.61 Å². The number of carbonyl (C=O) groups is 6. The maximum Gasteiger partial charge on any atom is 1.00 e. The van der Waals surface area contributed by atoms with Crippen LogP contribution in [-0.2, 0) is 33.5 Å². The van der Waals surface area contributed by atoms with E-state index in [2.05, 4.69) is 4.74 Å². The molecule has 31 heavy (non-hydrogen) atoms. The van der Waals surface area contributed by atoms with Crippen LogP contribution in [-0.4, -0.2) is 52.3 Å². The van der Waals surface area contributed by atoms with Gasteiger partial charge in [0, 0.05) is 10.8 Å². The number of Topliss-reactive ketones (excluding diaryl/α,β-unsaturated/α-hetero) is 4. The summed E-state index contributed by atoms with van der Waals surface area (Å²) < 4.78 is 4.61. The molecule has 0 unspecified atom stereocenters. The van der Waals surface area contributed by atoms with Crippen molar-refractivity contribution in [2.24, 2.45) is 10.8 Å². The third-order valence-corrected chi connectivity index (χ3v) is 3.38. The molecule has 0 aliphatic heterocycles. The standard InChI is InChI=1S/C11H18O4.C9H14O4.CH4.K.H2O/c1-5-15-10(14)7-8(12)6-9(13)11(2,3)4;1-9(2,3)7(11)4-6(10)5-8(12)13;;;/h5-7H2,1-4H3;4-5H2,1-3H3,(H,12,13);1H4;;1H2/q;;;+1;/p-1. The molecule has 0 atom stereocenters. The minimum atomic E-state index is -1.19. The van der Waals surface area contributed by atoms with Gasteiger partial charge >= 0.3 is 63.3 Å². The predicted molar refractivity (Wildman–Crippen MR) is 110 cm³/mol. The minimum absolute atomic E-state index is 0. The molecule has 0 spiro atoms. The number of ether oxygens (including phenoxy) is 1. The molecule has 0 fully saturated rings. The fourth-order valence-electron chi connectivity index (χ4n) is 1.56. The Balaban J connectivity index is -0.000000134. The first-order valence-electron chi connectivity index (χ1n) is 8.98. The van der Waals surface area contributed by atoms with E-state index < -0.39 is 35.0 Å². The molecule has 0 aromatic carbocycles.